The molecule has 0 aromatic carbocycles. The predicted octanol–water partition coefficient (Wildman–Crippen LogP) is -0.351. The van der Waals surface area contributed by atoms with Crippen molar-refractivity contribution >= 4 is 11.8 Å². The van der Waals surface area contributed by atoms with Crippen molar-refractivity contribution in [1.82, 2.24) is 30.4 Å². The van der Waals surface area contributed by atoms with Crippen LogP contribution in [0.2, 0.25) is 0 Å². The minimum Gasteiger partial charge on any atom is -0.425 e. The second-order valence-electron chi connectivity index (χ2n) is 2.91. The van der Waals surface area contributed by atoms with Crippen molar-refractivity contribution in [2.45, 2.75) is 24.4 Å². The number of aliphatic hydroxyl groups is 1. The van der Waals surface area contributed by atoms with Gasteiger partial charge in [0.2, 0.25) is 16.9 Å². The molecular formula is C7H10N6O2S. The van der Waals surface area contributed by atoms with E-state index in [0.29, 0.717) is 29.2 Å². The lowest BCUT2D eigenvalue weighted by atomic mass is 10.7. The first-order valence-electron chi connectivity index (χ1n) is 4.58. The van der Waals surface area contributed by atoms with Crippen molar-refractivity contribution in [3.05, 3.63) is 11.8 Å². The maximum absolute atomic E-state index is 8.78. The van der Waals surface area contributed by atoms with Crippen LogP contribution in [0.3, 0.4) is 0 Å². The summed E-state index contributed by atoms with van der Waals surface area (Å²) in [6, 6.07) is 0. The minimum atomic E-state index is -0.00172. The van der Waals surface area contributed by atoms with Crippen LogP contribution in [0.15, 0.2) is 9.57 Å². The number of aryl methyl sites for hydroxylation is 1. The quantitative estimate of drug-likeness (QED) is 0.709. The Balaban J connectivity index is 1.96. The summed E-state index contributed by atoms with van der Waals surface area (Å²) in [4.78, 5) is 0. The Kier molecular flexibility index (Phi) is 3.47. The van der Waals surface area contributed by atoms with Crippen LogP contribution >= 0.6 is 11.8 Å². The molecule has 1 N–H and O–H groups in total. The van der Waals surface area contributed by atoms with Crippen LogP contribution in [0.5, 0.6) is 0 Å². The molecule has 0 aliphatic rings. The van der Waals surface area contributed by atoms with E-state index in [-0.39, 0.29) is 6.61 Å². The maximum atomic E-state index is 8.78. The number of aliphatic hydroxyl groups excluding tert-OH is 1. The van der Waals surface area contributed by atoms with Crippen molar-refractivity contribution in [2.24, 2.45) is 0 Å². The van der Waals surface area contributed by atoms with E-state index in [2.05, 4.69) is 25.7 Å². The smallest absolute Gasteiger partial charge is 0.226 e. The molecule has 2 rings (SSSR count). The van der Waals surface area contributed by atoms with Gasteiger partial charge >= 0.3 is 0 Å². The first kappa shape index (κ1) is 11.0. The van der Waals surface area contributed by atoms with E-state index >= 15 is 0 Å². The van der Waals surface area contributed by atoms with Crippen molar-refractivity contribution in [2.75, 3.05) is 6.61 Å². The Morgan fingerprint density at radius 2 is 2.25 bits per heavy atom. The fraction of sp³-hybridized carbons (Fsp3) is 0.571. The molecule has 2 aromatic heterocycles. The van der Waals surface area contributed by atoms with Gasteiger partial charge in [0.1, 0.15) is 0 Å². The topological polar surface area (TPSA) is 103 Å². The van der Waals surface area contributed by atoms with Gasteiger partial charge in [-0.1, -0.05) is 11.8 Å². The molecule has 0 fully saturated rings. The van der Waals surface area contributed by atoms with Crippen molar-refractivity contribution in [1.29, 1.82) is 0 Å². The highest BCUT2D eigenvalue weighted by Crippen LogP contribution is 2.18. The van der Waals surface area contributed by atoms with Gasteiger partial charge in [-0.05, 0) is 10.4 Å². The number of nitrogens with zero attached hydrogens (tertiary/aromatic N) is 6. The highest BCUT2D eigenvalue weighted by Gasteiger charge is 2.09. The number of thioether (sulfide) groups is 1. The van der Waals surface area contributed by atoms with Gasteiger partial charge in [-0.3, -0.25) is 0 Å². The molecule has 16 heavy (non-hydrogen) atoms. The van der Waals surface area contributed by atoms with Gasteiger partial charge in [-0.15, -0.1) is 15.3 Å². The number of rotatable bonds is 5. The molecule has 0 amide bonds. The third kappa shape index (κ3) is 2.55. The summed E-state index contributed by atoms with van der Waals surface area (Å²) >= 11 is 1.38. The minimum absolute atomic E-state index is 0.00172. The lowest BCUT2D eigenvalue weighted by molar-refractivity contribution is 0.262. The van der Waals surface area contributed by atoms with Gasteiger partial charge in [0.25, 0.3) is 0 Å². The SMILES string of the molecule is Cc1nnc(CSc2nnnn2CCO)o1. The van der Waals surface area contributed by atoms with Crippen LogP contribution in [-0.4, -0.2) is 42.1 Å². The Morgan fingerprint density at radius 1 is 1.38 bits per heavy atom. The van der Waals surface area contributed by atoms with Crippen LogP contribution in [0.25, 0.3) is 0 Å². The molecule has 0 atom stereocenters. The molecule has 0 aliphatic heterocycles. The van der Waals surface area contributed by atoms with Gasteiger partial charge in [0.15, 0.2) is 0 Å². The largest absolute Gasteiger partial charge is 0.425 e. The Labute approximate surface area is 95.1 Å². The summed E-state index contributed by atoms with van der Waals surface area (Å²) in [5.41, 5.74) is 0. The van der Waals surface area contributed by atoms with E-state index in [1.807, 2.05) is 0 Å². The first-order valence-corrected chi connectivity index (χ1v) is 5.57. The second kappa shape index (κ2) is 5.03. The van der Waals surface area contributed by atoms with Gasteiger partial charge < -0.3 is 9.52 Å². The standard InChI is InChI=1S/C7H10N6O2S/c1-5-8-9-6(15-5)4-16-7-10-11-12-13(7)2-3-14/h14H,2-4H2,1H3. The monoisotopic (exact) mass is 242 g/mol. The zero-order valence-electron chi connectivity index (χ0n) is 8.57. The van der Waals surface area contributed by atoms with Gasteiger partial charge in [0.05, 0.1) is 18.9 Å². The number of tetrazole rings is 1. The molecule has 86 valence electrons. The third-order valence-electron chi connectivity index (χ3n) is 1.70. The predicted molar refractivity (Wildman–Crippen MR) is 53.5 cm³/mol. The summed E-state index contributed by atoms with van der Waals surface area (Å²) in [6.45, 7) is 2.10. The van der Waals surface area contributed by atoms with Gasteiger partial charge in [0, 0.05) is 6.92 Å². The first-order chi connectivity index (χ1) is 7.79. The van der Waals surface area contributed by atoms with E-state index in [4.69, 9.17) is 9.52 Å². The average Bonchev–Trinajstić information content (AvgIpc) is 2.85. The highest BCUT2D eigenvalue weighted by molar-refractivity contribution is 7.98. The normalized spacial score (nSPS) is 10.9. The maximum Gasteiger partial charge on any atom is 0.226 e. The van der Waals surface area contributed by atoms with Crippen LogP contribution in [0.1, 0.15) is 11.8 Å². The molecule has 0 saturated carbocycles. The van der Waals surface area contributed by atoms with E-state index in [1.165, 1.54) is 16.4 Å². The Bertz CT molecular complexity index is 455. The Morgan fingerprint density at radius 3 is 2.94 bits per heavy atom. The second-order valence-corrected chi connectivity index (χ2v) is 3.85. The molecule has 0 aliphatic carbocycles. The van der Waals surface area contributed by atoms with Gasteiger partial charge in [-0.2, -0.15) is 0 Å². The molecule has 0 radical (unpaired) electrons. The highest BCUT2D eigenvalue weighted by atomic mass is 32.2. The molecule has 2 aromatic rings. The van der Waals surface area contributed by atoms with E-state index in [1.54, 1.807) is 6.92 Å². The van der Waals surface area contributed by atoms with Crippen LogP contribution < -0.4 is 0 Å². The molecule has 0 bridgehead atoms. The summed E-state index contributed by atoms with van der Waals surface area (Å²) in [6.07, 6.45) is 0. The van der Waals surface area contributed by atoms with E-state index < -0.39 is 0 Å². The molecule has 9 heteroatoms. The molecule has 0 unspecified atom stereocenters. The zero-order valence-corrected chi connectivity index (χ0v) is 9.38. The van der Waals surface area contributed by atoms with Crippen LogP contribution in [-0.2, 0) is 12.3 Å². The molecule has 0 spiro atoms. The molecule has 2 heterocycles. The summed E-state index contributed by atoms with van der Waals surface area (Å²) in [5, 5.41) is 28.0. The third-order valence-corrected chi connectivity index (χ3v) is 2.65. The van der Waals surface area contributed by atoms with Crippen LogP contribution in [0, 0.1) is 6.92 Å². The van der Waals surface area contributed by atoms with E-state index in [9.17, 15) is 0 Å². The average molecular weight is 242 g/mol. The van der Waals surface area contributed by atoms with Crippen molar-refractivity contribution in [3.63, 3.8) is 0 Å². The van der Waals surface area contributed by atoms with Crippen LogP contribution in [0.4, 0.5) is 0 Å². The van der Waals surface area contributed by atoms with E-state index in [0.717, 1.165) is 0 Å². The number of aromatic nitrogens is 6. The lowest BCUT2D eigenvalue weighted by Crippen LogP contribution is -2.05. The molecular weight excluding hydrogens is 232 g/mol. The fourth-order valence-corrected chi connectivity index (χ4v) is 1.80. The lowest BCUT2D eigenvalue weighted by Gasteiger charge is -1.99. The van der Waals surface area contributed by atoms with Crippen molar-refractivity contribution in [3.8, 4) is 0 Å². The van der Waals surface area contributed by atoms with Gasteiger partial charge in [-0.25, -0.2) is 4.68 Å². The van der Waals surface area contributed by atoms with Crippen molar-refractivity contribution < 1.29 is 9.52 Å². The molecule has 0 saturated heterocycles. The molecule has 8 nitrogen and oxygen atoms in total. The summed E-state index contributed by atoms with van der Waals surface area (Å²) < 4.78 is 6.73. The summed E-state index contributed by atoms with van der Waals surface area (Å²) in [5.74, 6) is 1.57. The Hall–Kier alpha value is -1.48. The number of hydrogen-bond acceptors (Lipinski definition) is 8. The fourth-order valence-electron chi connectivity index (χ4n) is 1.06. The number of hydrogen-bond donors (Lipinski definition) is 1. The summed E-state index contributed by atoms with van der Waals surface area (Å²) in [7, 11) is 0. The zero-order chi connectivity index (χ0) is 11.4.